The van der Waals surface area contributed by atoms with Gasteiger partial charge < -0.3 is 0 Å². The lowest BCUT2D eigenvalue weighted by Gasteiger charge is -2.20. The number of rotatable bonds is 1. The fourth-order valence-corrected chi connectivity index (χ4v) is 2.14. The van der Waals surface area contributed by atoms with E-state index in [1.807, 2.05) is 31.2 Å². The minimum atomic E-state index is 0.0329. The second-order valence-corrected chi connectivity index (χ2v) is 3.86. The highest BCUT2D eigenvalue weighted by molar-refractivity contribution is 6.27. The second-order valence-electron chi connectivity index (χ2n) is 3.59. The molecule has 2 rings (SSSR count). The third-order valence-corrected chi connectivity index (χ3v) is 3.08. The maximum Gasteiger partial charge on any atom is 0.191 e. The van der Waals surface area contributed by atoms with Gasteiger partial charge >= 0.3 is 0 Å². The van der Waals surface area contributed by atoms with Crippen molar-refractivity contribution in [2.24, 2.45) is 0 Å². The number of halogens is 1. The van der Waals surface area contributed by atoms with E-state index in [1.54, 1.807) is 0 Å². The van der Waals surface area contributed by atoms with Crippen LogP contribution >= 0.6 is 11.6 Å². The Kier molecular flexibility index (Phi) is 2.49. The number of hydrogen-bond donors (Lipinski definition) is 0. The molecule has 0 bridgehead atoms. The van der Waals surface area contributed by atoms with Gasteiger partial charge in [0.25, 0.3) is 0 Å². The summed E-state index contributed by atoms with van der Waals surface area (Å²) in [4.78, 5) is 12.0. The molecule has 0 radical (unpaired) electrons. The van der Waals surface area contributed by atoms with E-state index >= 15 is 0 Å². The number of ketones is 1. The molecule has 1 aromatic rings. The number of alkyl halides is 1. The van der Waals surface area contributed by atoms with Crippen molar-refractivity contribution in [1.82, 2.24) is 0 Å². The number of carbonyl (C=O) groups is 1. The lowest BCUT2D eigenvalue weighted by molar-refractivity contribution is 0.103. The lowest BCUT2D eigenvalue weighted by Crippen LogP contribution is -2.15. The maximum atomic E-state index is 12.0. The zero-order valence-corrected chi connectivity index (χ0v) is 9.27. The van der Waals surface area contributed by atoms with Gasteiger partial charge in [-0.05, 0) is 23.6 Å². The summed E-state index contributed by atoms with van der Waals surface area (Å²) >= 11 is 5.78. The molecule has 0 N–H and O–H groups in total. The first-order chi connectivity index (χ1) is 7.16. The van der Waals surface area contributed by atoms with Crippen molar-refractivity contribution < 1.29 is 4.79 Å². The average molecular weight is 219 g/mol. The van der Waals surface area contributed by atoms with Crippen LogP contribution in [0.1, 0.15) is 22.8 Å². The number of allylic oxidation sites excluding steroid dienone is 3. The number of carbonyl (C=O) groups excluding carboxylic acids is 1. The molecule has 0 spiro atoms. The fraction of sp³-hybridized carbons (Fsp3) is 0.154. The van der Waals surface area contributed by atoms with Gasteiger partial charge in [0.15, 0.2) is 5.78 Å². The van der Waals surface area contributed by atoms with Crippen LogP contribution in [-0.2, 0) is 0 Å². The van der Waals surface area contributed by atoms with Crippen molar-refractivity contribution >= 4 is 23.0 Å². The number of benzene rings is 1. The van der Waals surface area contributed by atoms with E-state index in [0.717, 1.165) is 16.7 Å². The SMILES string of the molecule is C=C1C(C)=C(CCl)C(=O)c2ccccc21. The molecular formula is C13H11ClO. The molecule has 0 fully saturated rings. The van der Waals surface area contributed by atoms with Gasteiger partial charge in [0.2, 0.25) is 0 Å². The molecule has 0 saturated carbocycles. The topological polar surface area (TPSA) is 17.1 Å². The number of hydrogen-bond acceptors (Lipinski definition) is 1. The third-order valence-electron chi connectivity index (χ3n) is 2.81. The minimum absolute atomic E-state index is 0.0329. The molecule has 0 saturated heterocycles. The van der Waals surface area contributed by atoms with Gasteiger partial charge in [0, 0.05) is 11.1 Å². The van der Waals surface area contributed by atoms with E-state index in [-0.39, 0.29) is 11.7 Å². The summed E-state index contributed by atoms with van der Waals surface area (Å²) in [6.07, 6.45) is 0. The Morgan fingerprint density at radius 3 is 2.47 bits per heavy atom. The van der Waals surface area contributed by atoms with Crippen molar-refractivity contribution in [1.29, 1.82) is 0 Å². The molecule has 1 nitrogen and oxygen atoms in total. The van der Waals surface area contributed by atoms with Crippen LogP contribution in [0.15, 0.2) is 42.0 Å². The number of Topliss-reactive ketones (excluding diaryl/α,β-unsaturated/α-hetero) is 1. The van der Waals surface area contributed by atoms with Crippen LogP contribution in [-0.4, -0.2) is 11.7 Å². The van der Waals surface area contributed by atoms with Gasteiger partial charge in [-0.15, -0.1) is 11.6 Å². The molecular weight excluding hydrogens is 208 g/mol. The molecule has 76 valence electrons. The largest absolute Gasteiger partial charge is 0.289 e. The standard InChI is InChI=1S/C13H11ClO/c1-8-9(2)12(7-14)13(15)11-6-4-3-5-10(8)11/h3-6H,1,7H2,2H3. The Balaban J connectivity index is 2.68. The molecule has 2 heteroatoms. The smallest absolute Gasteiger partial charge is 0.191 e. The summed E-state index contributed by atoms with van der Waals surface area (Å²) in [7, 11) is 0. The summed E-state index contributed by atoms with van der Waals surface area (Å²) in [6.45, 7) is 5.90. The number of fused-ring (bicyclic) bond motifs is 1. The molecule has 0 aromatic heterocycles. The Labute approximate surface area is 94.1 Å². The summed E-state index contributed by atoms with van der Waals surface area (Å²) in [5.74, 6) is 0.281. The van der Waals surface area contributed by atoms with Crippen molar-refractivity contribution in [3.8, 4) is 0 Å². The summed E-state index contributed by atoms with van der Waals surface area (Å²) in [5.41, 5.74) is 4.12. The lowest BCUT2D eigenvalue weighted by atomic mass is 9.83. The molecule has 0 atom stereocenters. The van der Waals surface area contributed by atoms with E-state index in [9.17, 15) is 4.79 Å². The Bertz CT molecular complexity index is 483. The van der Waals surface area contributed by atoms with Crippen LogP contribution in [0.3, 0.4) is 0 Å². The summed E-state index contributed by atoms with van der Waals surface area (Å²) in [6, 6.07) is 7.51. The summed E-state index contributed by atoms with van der Waals surface area (Å²) < 4.78 is 0. The first kappa shape index (κ1) is 10.2. The molecule has 15 heavy (non-hydrogen) atoms. The average Bonchev–Trinajstić information content (AvgIpc) is 2.27. The highest BCUT2D eigenvalue weighted by Crippen LogP contribution is 2.33. The van der Waals surface area contributed by atoms with E-state index in [1.165, 1.54) is 0 Å². The van der Waals surface area contributed by atoms with Crippen LogP contribution in [0.4, 0.5) is 0 Å². The minimum Gasteiger partial charge on any atom is -0.289 e. The van der Waals surface area contributed by atoms with Crippen LogP contribution in [0.25, 0.3) is 5.57 Å². The Morgan fingerprint density at radius 1 is 1.27 bits per heavy atom. The van der Waals surface area contributed by atoms with Gasteiger partial charge in [-0.3, -0.25) is 4.79 Å². The van der Waals surface area contributed by atoms with E-state index in [0.29, 0.717) is 11.1 Å². The highest BCUT2D eigenvalue weighted by Gasteiger charge is 2.24. The third kappa shape index (κ3) is 1.44. The van der Waals surface area contributed by atoms with Crippen molar-refractivity contribution in [2.75, 3.05) is 5.88 Å². The van der Waals surface area contributed by atoms with Gasteiger partial charge in [0.05, 0.1) is 5.88 Å². The predicted octanol–water partition coefficient (Wildman–Crippen LogP) is 3.45. The molecule has 0 amide bonds. The first-order valence-corrected chi connectivity index (χ1v) is 5.29. The molecule has 1 aliphatic carbocycles. The van der Waals surface area contributed by atoms with Gasteiger partial charge in [-0.1, -0.05) is 30.8 Å². The molecule has 0 aliphatic heterocycles. The normalized spacial score (nSPS) is 15.6. The predicted molar refractivity (Wildman–Crippen MR) is 63.2 cm³/mol. The van der Waals surface area contributed by atoms with E-state index in [4.69, 9.17) is 11.6 Å². The van der Waals surface area contributed by atoms with Crippen LogP contribution < -0.4 is 0 Å². The quantitative estimate of drug-likeness (QED) is 0.660. The second kappa shape index (κ2) is 3.67. The fourth-order valence-electron chi connectivity index (χ4n) is 1.82. The highest BCUT2D eigenvalue weighted by atomic mass is 35.5. The van der Waals surface area contributed by atoms with E-state index < -0.39 is 0 Å². The molecule has 1 aromatic carbocycles. The molecule has 0 heterocycles. The zero-order chi connectivity index (χ0) is 11.0. The summed E-state index contributed by atoms with van der Waals surface area (Å²) in [5, 5.41) is 0. The Morgan fingerprint density at radius 2 is 1.87 bits per heavy atom. The van der Waals surface area contributed by atoms with E-state index in [2.05, 4.69) is 6.58 Å². The van der Waals surface area contributed by atoms with Crippen molar-refractivity contribution in [3.05, 3.63) is 53.1 Å². The van der Waals surface area contributed by atoms with Crippen LogP contribution in [0.5, 0.6) is 0 Å². The van der Waals surface area contributed by atoms with Crippen molar-refractivity contribution in [2.45, 2.75) is 6.92 Å². The van der Waals surface area contributed by atoms with Crippen LogP contribution in [0.2, 0.25) is 0 Å². The molecule has 0 unspecified atom stereocenters. The Hall–Kier alpha value is -1.34. The first-order valence-electron chi connectivity index (χ1n) is 4.76. The maximum absolute atomic E-state index is 12.0. The van der Waals surface area contributed by atoms with Gasteiger partial charge in [0.1, 0.15) is 0 Å². The van der Waals surface area contributed by atoms with Gasteiger partial charge in [-0.2, -0.15) is 0 Å². The van der Waals surface area contributed by atoms with Crippen LogP contribution in [0, 0.1) is 0 Å². The monoisotopic (exact) mass is 218 g/mol. The van der Waals surface area contributed by atoms with Crippen molar-refractivity contribution in [3.63, 3.8) is 0 Å². The van der Waals surface area contributed by atoms with Gasteiger partial charge in [-0.25, -0.2) is 0 Å². The molecule has 1 aliphatic rings. The zero-order valence-electron chi connectivity index (χ0n) is 8.51.